The van der Waals surface area contributed by atoms with E-state index in [1.54, 1.807) is 0 Å². The van der Waals surface area contributed by atoms with E-state index in [1.807, 2.05) is 0 Å². The normalized spacial score (nSPS) is 29.5. The Morgan fingerprint density at radius 1 is 0.958 bits per heavy atom. The molecule has 0 aromatic heterocycles. The first-order valence-corrected chi connectivity index (χ1v) is 9.77. The second-order valence-electron chi connectivity index (χ2n) is 4.30. The minimum absolute atomic E-state index is 0.670. The lowest BCUT2D eigenvalue weighted by molar-refractivity contribution is -0.251. The van der Waals surface area contributed by atoms with Gasteiger partial charge in [-0.15, -0.1) is 0 Å². The molecule has 0 N–H and O–H groups in total. The van der Waals surface area contributed by atoms with Gasteiger partial charge in [-0.25, -0.2) is 25.3 Å². The quantitative estimate of drug-likeness (QED) is 0.283. The van der Waals surface area contributed by atoms with Gasteiger partial charge in [0.1, 0.15) is 6.10 Å². The summed E-state index contributed by atoms with van der Waals surface area (Å²) in [5.74, 6) is 0. The van der Waals surface area contributed by atoms with Crippen LogP contribution in [0.15, 0.2) is 0 Å². The van der Waals surface area contributed by atoms with E-state index in [-0.39, 0.29) is 0 Å². The zero-order chi connectivity index (χ0) is 18.8. The summed E-state index contributed by atoms with van der Waals surface area (Å²) >= 11 is 0. The van der Waals surface area contributed by atoms with E-state index in [4.69, 9.17) is 4.74 Å². The van der Waals surface area contributed by atoms with Crippen molar-refractivity contribution in [3.8, 4) is 0 Å². The van der Waals surface area contributed by atoms with Gasteiger partial charge in [0.05, 0.1) is 12.7 Å². The van der Waals surface area contributed by atoms with Crippen LogP contribution in [0.5, 0.6) is 0 Å². The number of ether oxygens (including phenoxy) is 2. The molecule has 0 spiro atoms. The van der Waals surface area contributed by atoms with E-state index in [9.17, 15) is 38.9 Å². The van der Waals surface area contributed by atoms with Crippen LogP contribution in [0.25, 0.3) is 0 Å². The smallest absolute Gasteiger partial charge is 0.218 e. The van der Waals surface area contributed by atoms with Crippen LogP contribution in [0, 0.1) is 0 Å². The molecule has 14 nitrogen and oxygen atoms in total. The maximum Gasteiger partial charge on any atom is 0.218 e. The van der Waals surface area contributed by atoms with Crippen molar-refractivity contribution in [1.29, 1.82) is 0 Å². The monoisotopic (exact) mass is 415 g/mol. The van der Waals surface area contributed by atoms with E-state index in [1.165, 1.54) is 0 Å². The highest BCUT2D eigenvalue weighted by Gasteiger charge is 2.43. The Hall–Kier alpha value is -0.470. The van der Waals surface area contributed by atoms with Gasteiger partial charge >= 0.3 is 0 Å². The molecule has 0 radical (unpaired) electrons. The third-order valence-corrected chi connectivity index (χ3v) is 3.92. The highest BCUT2D eigenvalue weighted by molar-refractivity contribution is 7.81. The first-order valence-electron chi connectivity index (χ1n) is 5.77. The highest BCUT2D eigenvalue weighted by Crippen LogP contribution is 2.28. The molecule has 0 saturated carbocycles. The summed E-state index contributed by atoms with van der Waals surface area (Å²) in [6.45, 7) is -0.915. The summed E-state index contributed by atoms with van der Waals surface area (Å²) in [6.07, 6.45) is -7.66. The Kier molecular flexibility index (Phi) is 7.03. The van der Waals surface area contributed by atoms with Crippen molar-refractivity contribution >= 4 is 31.2 Å². The zero-order valence-corrected chi connectivity index (χ0v) is 14.1. The zero-order valence-electron chi connectivity index (χ0n) is 11.7. The van der Waals surface area contributed by atoms with Crippen molar-refractivity contribution in [2.45, 2.75) is 31.0 Å². The maximum atomic E-state index is 10.7. The average Bonchev–Trinajstić information content (AvgIpc) is 2.34. The third kappa shape index (κ3) is 8.07. The van der Waals surface area contributed by atoms with Gasteiger partial charge in [-0.05, 0) is 0 Å². The summed E-state index contributed by atoms with van der Waals surface area (Å²) < 4.78 is 117. The Morgan fingerprint density at radius 2 is 1.50 bits per heavy atom. The molecule has 17 heteroatoms. The number of hydrogen-bond donors (Lipinski definition) is 0. The Balaban J connectivity index is 3.02. The van der Waals surface area contributed by atoms with Crippen molar-refractivity contribution in [2.75, 3.05) is 13.7 Å². The van der Waals surface area contributed by atoms with Crippen LogP contribution in [-0.4, -0.2) is 77.2 Å². The largest absolute Gasteiger partial charge is 0.726 e. The number of hydrogen-bond acceptors (Lipinski definition) is 14. The Morgan fingerprint density at radius 3 is 1.92 bits per heavy atom. The standard InChI is InChI=1S/C7H14O14S3/c1-17-7-6(21-24(14,15)16)5(20-23(11,12)13)2-4(19-7)3-18-22(8,9)10/h4-7H,2-3H2,1H3,(H,8,9,10)(H,11,12,13)(H,14,15,16)/p-3/t4?,5-,6?,7+/m1/s1. The highest BCUT2D eigenvalue weighted by atomic mass is 32.3. The van der Waals surface area contributed by atoms with Gasteiger partial charge in [0, 0.05) is 13.5 Å². The van der Waals surface area contributed by atoms with Gasteiger partial charge in [0.2, 0.25) is 31.2 Å². The second kappa shape index (κ2) is 7.83. The topological polar surface area (TPSA) is 218 Å². The van der Waals surface area contributed by atoms with Gasteiger partial charge < -0.3 is 23.1 Å². The summed E-state index contributed by atoms with van der Waals surface area (Å²) in [4.78, 5) is 0. The van der Waals surface area contributed by atoms with Crippen molar-refractivity contribution in [3.63, 3.8) is 0 Å². The molecule has 0 aliphatic carbocycles. The molecule has 1 fully saturated rings. The molecule has 1 aliphatic rings. The summed E-state index contributed by atoms with van der Waals surface area (Å²) in [6, 6.07) is 0. The van der Waals surface area contributed by atoms with E-state index in [2.05, 4.69) is 17.3 Å². The van der Waals surface area contributed by atoms with Crippen LogP contribution in [0.3, 0.4) is 0 Å². The summed E-state index contributed by atoms with van der Waals surface area (Å²) in [5.41, 5.74) is 0. The van der Waals surface area contributed by atoms with Crippen LogP contribution in [0.1, 0.15) is 6.42 Å². The van der Waals surface area contributed by atoms with Crippen molar-refractivity contribution in [2.24, 2.45) is 0 Å². The van der Waals surface area contributed by atoms with Crippen LogP contribution in [-0.2, 0) is 53.2 Å². The fourth-order valence-electron chi connectivity index (χ4n) is 1.84. The molecule has 1 heterocycles. The van der Waals surface area contributed by atoms with Gasteiger partial charge in [0.25, 0.3) is 0 Å². The van der Waals surface area contributed by atoms with Gasteiger partial charge in [-0.3, -0.25) is 12.5 Å². The molecule has 24 heavy (non-hydrogen) atoms. The van der Waals surface area contributed by atoms with Crippen LogP contribution >= 0.6 is 0 Å². The molecular formula is C7H11O14S3-3. The van der Waals surface area contributed by atoms with E-state index in [0.29, 0.717) is 0 Å². The van der Waals surface area contributed by atoms with E-state index < -0.39 is 68.8 Å². The SMILES string of the molecule is CO[C@H]1OC(COS(=O)(=O)[O-])C[C@@H](OS(=O)(=O)[O-])C1OS(=O)(=O)[O-]. The van der Waals surface area contributed by atoms with Gasteiger partial charge in [-0.2, -0.15) is 0 Å². The van der Waals surface area contributed by atoms with Crippen LogP contribution in [0.2, 0.25) is 0 Å². The van der Waals surface area contributed by atoms with Crippen molar-refractivity contribution in [1.82, 2.24) is 0 Å². The second-order valence-corrected chi connectivity index (χ2v) is 7.37. The van der Waals surface area contributed by atoms with Gasteiger partial charge in [-0.1, -0.05) is 0 Å². The molecule has 0 aromatic carbocycles. The Labute approximate surface area is 137 Å². The predicted molar refractivity (Wildman–Crippen MR) is 65.1 cm³/mol. The summed E-state index contributed by atoms with van der Waals surface area (Å²) in [7, 11) is -14.9. The van der Waals surface area contributed by atoms with Gasteiger partial charge in [0.15, 0.2) is 12.4 Å². The first kappa shape index (κ1) is 21.6. The van der Waals surface area contributed by atoms with Crippen LogP contribution < -0.4 is 0 Å². The fraction of sp³-hybridized carbons (Fsp3) is 1.00. The van der Waals surface area contributed by atoms with Crippen molar-refractivity contribution in [3.05, 3.63) is 0 Å². The van der Waals surface area contributed by atoms with Crippen LogP contribution in [0.4, 0.5) is 0 Å². The minimum Gasteiger partial charge on any atom is -0.726 e. The molecular weight excluding hydrogens is 404 g/mol. The third-order valence-electron chi connectivity index (χ3n) is 2.56. The molecule has 0 amide bonds. The molecule has 2 unspecified atom stereocenters. The lowest BCUT2D eigenvalue weighted by Crippen LogP contribution is -2.53. The molecule has 1 aliphatic heterocycles. The molecule has 4 atom stereocenters. The molecule has 0 bridgehead atoms. The summed E-state index contributed by atoms with van der Waals surface area (Å²) in [5, 5.41) is 0. The first-order chi connectivity index (χ1) is 10.7. The fourth-order valence-corrected chi connectivity index (χ4v) is 3.13. The predicted octanol–water partition coefficient (Wildman–Crippen LogP) is -3.08. The molecule has 144 valence electrons. The minimum atomic E-state index is -5.37. The molecule has 0 aromatic rings. The lowest BCUT2D eigenvalue weighted by atomic mass is 10.0. The molecule has 1 rings (SSSR count). The Bertz CT molecular complexity index is 722. The van der Waals surface area contributed by atoms with Crippen molar-refractivity contribution < 1.29 is 60.9 Å². The number of methoxy groups -OCH3 is 1. The number of rotatable bonds is 8. The van der Waals surface area contributed by atoms with E-state index in [0.717, 1.165) is 7.11 Å². The maximum absolute atomic E-state index is 10.7. The average molecular weight is 415 g/mol. The van der Waals surface area contributed by atoms with E-state index >= 15 is 0 Å². The molecule has 1 saturated heterocycles. The lowest BCUT2D eigenvalue weighted by Gasteiger charge is -2.40.